The van der Waals surface area contributed by atoms with Crippen molar-refractivity contribution in [1.29, 1.82) is 0 Å². The molecule has 3 amide bonds. The van der Waals surface area contributed by atoms with Gasteiger partial charge in [0.05, 0.1) is 30.2 Å². The highest BCUT2D eigenvalue weighted by molar-refractivity contribution is 5.93. The third-order valence-electron chi connectivity index (χ3n) is 7.63. The van der Waals surface area contributed by atoms with E-state index in [4.69, 9.17) is 0 Å². The van der Waals surface area contributed by atoms with Crippen LogP contribution in [0.5, 0.6) is 0 Å². The van der Waals surface area contributed by atoms with Gasteiger partial charge >= 0.3 is 12.2 Å². The Morgan fingerprint density at radius 2 is 1.95 bits per heavy atom. The maximum Gasteiger partial charge on any atom is 0.408 e. The normalized spacial score (nSPS) is 21.7. The SMILES string of the molecule is Cc1nonc1C(=O)N[C@H](c1cn2ncc([C@@H](C)N3CCC(C(F)(F)F)NC3=O)cc2n1)C1CCC(F)(F)CC1. The summed E-state index contributed by atoms with van der Waals surface area (Å²) in [6, 6.07) is -2.44. The topological polar surface area (TPSA) is 131 Å². The first kappa shape index (κ1) is 27.7. The second-order valence-electron chi connectivity index (χ2n) is 10.3. The van der Waals surface area contributed by atoms with Crippen molar-refractivity contribution in [2.75, 3.05) is 6.54 Å². The molecule has 1 aliphatic heterocycles. The van der Waals surface area contributed by atoms with Crippen LogP contribution in [0.1, 0.15) is 78.6 Å². The lowest BCUT2D eigenvalue weighted by molar-refractivity contribution is -0.158. The number of hydrogen-bond donors (Lipinski definition) is 2. The van der Waals surface area contributed by atoms with Gasteiger partial charge in [-0.2, -0.15) is 18.3 Å². The van der Waals surface area contributed by atoms with Gasteiger partial charge in [-0.05, 0) is 55.8 Å². The van der Waals surface area contributed by atoms with Crippen LogP contribution in [0.15, 0.2) is 23.1 Å². The van der Waals surface area contributed by atoms with Gasteiger partial charge in [0.15, 0.2) is 11.3 Å². The van der Waals surface area contributed by atoms with Gasteiger partial charge in [0.2, 0.25) is 5.92 Å². The first-order valence-corrected chi connectivity index (χ1v) is 12.8. The summed E-state index contributed by atoms with van der Waals surface area (Å²) in [6.07, 6.45) is -2.10. The molecule has 1 saturated heterocycles. The molecule has 4 heterocycles. The molecule has 0 aromatic carbocycles. The second kappa shape index (κ2) is 10.3. The summed E-state index contributed by atoms with van der Waals surface area (Å²) in [5.41, 5.74) is 1.51. The number of rotatable bonds is 6. The molecule has 0 radical (unpaired) electrons. The molecule has 2 N–H and O–H groups in total. The average molecular weight is 571 g/mol. The maximum absolute atomic E-state index is 13.9. The van der Waals surface area contributed by atoms with E-state index < -0.39 is 42.2 Å². The number of hydrogen-bond acceptors (Lipinski definition) is 7. The van der Waals surface area contributed by atoms with E-state index in [0.29, 0.717) is 16.9 Å². The third kappa shape index (κ3) is 5.56. The fraction of sp³-hybridized carbons (Fsp3) is 0.583. The fourth-order valence-corrected chi connectivity index (χ4v) is 5.23. The zero-order chi connectivity index (χ0) is 28.8. The summed E-state index contributed by atoms with van der Waals surface area (Å²) in [6.45, 7) is 3.12. The number of nitrogens with one attached hydrogen (secondary N) is 2. The Bertz CT molecular complexity index is 1400. The molecule has 0 spiro atoms. The molecule has 1 aliphatic carbocycles. The minimum Gasteiger partial charge on any atom is -0.342 e. The Balaban J connectivity index is 1.39. The van der Waals surface area contributed by atoms with E-state index in [0.717, 1.165) is 0 Å². The molecular weight excluding hydrogens is 543 g/mol. The number of carbonyl (C=O) groups is 2. The predicted octanol–water partition coefficient (Wildman–Crippen LogP) is 4.12. The molecule has 5 rings (SSSR count). The number of carbonyl (C=O) groups excluding carboxylic acids is 2. The van der Waals surface area contributed by atoms with Gasteiger partial charge in [0.1, 0.15) is 11.7 Å². The van der Waals surface area contributed by atoms with Crippen LogP contribution in [0, 0.1) is 12.8 Å². The lowest BCUT2D eigenvalue weighted by atomic mass is 9.81. The van der Waals surface area contributed by atoms with Crippen molar-refractivity contribution in [2.45, 2.75) is 76.2 Å². The second-order valence-corrected chi connectivity index (χ2v) is 10.3. The largest absolute Gasteiger partial charge is 0.408 e. The summed E-state index contributed by atoms with van der Waals surface area (Å²) < 4.78 is 72.9. The van der Waals surface area contributed by atoms with Crippen molar-refractivity contribution in [2.24, 2.45) is 5.92 Å². The van der Waals surface area contributed by atoms with Crippen LogP contribution in [0.4, 0.5) is 26.7 Å². The Morgan fingerprint density at radius 3 is 2.58 bits per heavy atom. The minimum absolute atomic E-state index is 0.0308. The van der Waals surface area contributed by atoms with Crippen molar-refractivity contribution in [3.63, 3.8) is 0 Å². The Kier molecular flexibility index (Phi) is 7.12. The third-order valence-corrected chi connectivity index (χ3v) is 7.63. The van der Waals surface area contributed by atoms with Gasteiger partial charge < -0.3 is 15.5 Å². The molecule has 1 saturated carbocycles. The zero-order valence-electron chi connectivity index (χ0n) is 21.6. The molecule has 40 heavy (non-hydrogen) atoms. The van der Waals surface area contributed by atoms with Crippen LogP contribution in [-0.4, -0.2) is 66.4 Å². The van der Waals surface area contributed by atoms with Crippen LogP contribution in [0.3, 0.4) is 0 Å². The number of fused-ring (bicyclic) bond motifs is 1. The Hall–Kier alpha value is -3.85. The highest BCUT2D eigenvalue weighted by Gasteiger charge is 2.44. The van der Waals surface area contributed by atoms with Crippen LogP contribution in [0.2, 0.25) is 0 Å². The van der Waals surface area contributed by atoms with E-state index in [-0.39, 0.29) is 56.0 Å². The van der Waals surface area contributed by atoms with Crippen molar-refractivity contribution in [1.82, 2.24) is 40.4 Å². The molecule has 3 aromatic rings. The van der Waals surface area contributed by atoms with Crippen LogP contribution in [-0.2, 0) is 0 Å². The molecular formula is C24H27F5N8O3. The number of halogens is 5. The smallest absolute Gasteiger partial charge is 0.342 e. The van der Waals surface area contributed by atoms with E-state index in [9.17, 15) is 31.5 Å². The average Bonchev–Trinajstić information content (AvgIpc) is 3.52. The minimum atomic E-state index is -4.53. The number of imidazole rings is 1. The highest BCUT2D eigenvalue weighted by Crippen LogP contribution is 2.41. The lowest BCUT2D eigenvalue weighted by Gasteiger charge is -2.37. The number of aromatic nitrogens is 5. The maximum atomic E-state index is 13.9. The molecule has 3 aromatic heterocycles. The van der Waals surface area contributed by atoms with Gasteiger partial charge in [-0.1, -0.05) is 5.16 Å². The molecule has 2 fully saturated rings. The van der Waals surface area contributed by atoms with Crippen molar-refractivity contribution in [3.05, 3.63) is 41.1 Å². The summed E-state index contributed by atoms with van der Waals surface area (Å²) in [4.78, 5) is 31.3. The molecule has 11 nitrogen and oxygen atoms in total. The number of alkyl halides is 5. The quantitative estimate of drug-likeness (QED) is 0.427. The molecule has 2 aliphatic rings. The summed E-state index contributed by atoms with van der Waals surface area (Å²) >= 11 is 0. The van der Waals surface area contributed by atoms with E-state index in [1.54, 1.807) is 26.1 Å². The van der Waals surface area contributed by atoms with Gasteiger partial charge in [-0.25, -0.2) is 27.7 Å². The van der Waals surface area contributed by atoms with E-state index >= 15 is 0 Å². The number of urea groups is 1. The molecule has 3 atom stereocenters. The number of amides is 3. The number of aryl methyl sites for hydroxylation is 1. The van der Waals surface area contributed by atoms with Crippen LogP contribution >= 0.6 is 0 Å². The first-order valence-electron chi connectivity index (χ1n) is 12.8. The van der Waals surface area contributed by atoms with Crippen molar-refractivity contribution >= 4 is 17.6 Å². The van der Waals surface area contributed by atoms with Gasteiger partial charge in [0.25, 0.3) is 5.91 Å². The first-order chi connectivity index (χ1) is 18.8. The zero-order valence-corrected chi connectivity index (χ0v) is 21.6. The summed E-state index contributed by atoms with van der Waals surface area (Å²) in [7, 11) is 0. The van der Waals surface area contributed by atoms with Crippen molar-refractivity contribution < 1.29 is 36.2 Å². The van der Waals surface area contributed by atoms with Crippen molar-refractivity contribution in [3.8, 4) is 0 Å². The lowest BCUT2D eigenvalue weighted by Crippen LogP contribution is -2.57. The molecule has 16 heteroatoms. The standard InChI is InChI=1S/C24H27F5N8O3/c1-12-19(35-40-34-12)21(38)33-20(14-3-6-23(25,26)7-4-14)16-11-37-18(31-16)9-15(10-30-37)13(2)36-8-5-17(24(27,28)29)32-22(36)39/h9-11,13-14,17,20H,3-8H2,1-2H3,(H,32,39)(H,33,38)/t13-,17?,20+/m1/s1. The molecule has 216 valence electrons. The van der Waals surface area contributed by atoms with E-state index in [1.807, 2.05) is 5.32 Å². The number of nitrogens with zero attached hydrogens (tertiary/aromatic N) is 6. The fourth-order valence-electron chi connectivity index (χ4n) is 5.23. The Morgan fingerprint density at radius 1 is 1.23 bits per heavy atom. The van der Waals surface area contributed by atoms with Crippen LogP contribution in [0.25, 0.3) is 5.65 Å². The van der Waals surface area contributed by atoms with E-state index in [1.165, 1.54) is 15.6 Å². The van der Waals surface area contributed by atoms with Crippen LogP contribution < -0.4 is 10.6 Å². The molecule has 0 bridgehead atoms. The highest BCUT2D eigenvalue weighted by atomic mass is 19.4. The summed E-state index contributed by atoms with van der Waals surface area (Å²) in [5.74, 6) is -3.70. The summed E-state index contributed by atoms with van der Waals surface area (Å²) in [5, 5.41) is 16.4. The van der Waals surface area contributed by atoms with E-state index in [2.05, 4.69) is 30.3 Å². The predicted molar refractivity (Wildman–Crippen MR) is 127 cm³/mol. The van der Waals surface area contributed by atoms with Gasteiger partial charge in [0, 0.05) is 19.4 Å². The van der Waals surface area contributed by atoms with Gasteiger partial charge in [-0.3, -0.25) is 4.79 Å². The Labute approximate surface area is 224 Å². The molecule has 1 unspecified atom stereocenters. The monoisotopic (exact) mass is 570 g/mol. The van der Waals surface area contributed by atoms with Gasteiger partial charge in [-0.15, -0.1) is 0 Å².